The van der Waals surface area contributed by atoms with Crippen LogP contribution in [0.3, 0.4) is 0 Å². The number of rotatable bonds is 14. The highest BCUT2D eigenvalue weighted by atomic mass is 16.5. The van der Waals surface area contributed by atoms with Crippen molar-refractivity contribution < 1.29 is 33.6 Å². The molecule has 0 unspecified atom stereocenters. The Kier molecular flexibility index (Phi) is 11.0. The summed E-state index contributed by atoms with van der Waals surface area (Å²) in [5.74, 6) is 1.75. The van der Waals surface area contributed by atoms with Crippen LogP contribution in [0.15, 0.2) is 53.6 Å². The summed E-state index contributed by atoms with van der Waals surface area (Å²) in [6.07, 6.45) is 4.77. The van der Waals surface area contributed by atoms with Crippen molar-refractivity contribution in [1.82, 2.24) is 9.80 Å². The largest absolute Gasteiger partial charge is 0.493 e. The molecule has 3 aliphatic rings. The van der Waals surface area contributed by atoms with Crippen molar-refractivity contribution >= 4 is 29.4 Å². The number of aliphatic hydroxyl groups excluding tert-OH is 1. The van der Waals surface area contributed by atoms with Crippen molar-refractivity contribution in [1.29, 1.82) is 0 Å². The number of fused-ring (bicyclic) bond motifs is 3. The summed E-state index contributed by atoms with van der Waals surface area (Å²) in [6, 6.07) is 6.85. The summed E-state index contributed by atoms with van der Waals surface area (Å²) >= 11 is 0. The summed E-state index contributed by atoms with van der Waals surface area (Å²) in [4.78, 5) is 36.8. The monoisotopic (exact) mass is 660 g/mol. The molecule has 48 heavy (non-hydrogen) atoms. The number of nitrogens with zero attached hydrogens (tertiary/aromatic N) is 4. The van der Waals surface area contributed by atoms with Gasteiger partial charge < -0.3 is 38.8 Å². The fourth-order valence-electron chi connectivity index (χ4n) is 6.40. The van der Waals surface area contributed by atoms with Crippen molar-refractivity contribution in [2.24, 2.45) is 4.99 Å². The number of unbranched alkanes of at least 4 members (excludes halogenated alkanes) is 2. The second-order valence-corrected chi connectivity index (χ2v) is 12.8. The van der Waals surface area contributed by atoms with Crippen molar-refractivity contribution in [2.45, 2.75) is 71.2 Å². The van der Waals surface area contributed by atoms with Crippen LogP contribution in [0.25, 0.3) is 0 Å². The molecule has 11 heteroatoms. The quantitative estimate of drug-likeness (QED) is 0.201. The van der Waals surface area contributed by atoms with Gasteiger partial charge in [0.05, 0.1) is 62.5 Å². The minimum atomic E-state index is -0.885. The molecule has 2 atom stereocenters. The molecular weight excluding hydrogens is 612 g/mol. The zero-order valence-corrected chi connectivity index (χ0v) is 28.8. The van der Waals surface area contributed by atoms with Crippen LogP contribution in [0, 0.1) is 0 Å². The maximum absolute atomic E-state index is 13.6. The molecule has 2 aromatic carbocycles. The molecule has 1 fully saturated rings. The SMILES string of the molecule is C=C(CC)CN1C[C@H](O)N(C(C)C)c2cc(OCCCCCOc3cc4c(cc3OC)C(=O)N3CC(=C)C[C@H]3C=N4)c(OC)cc2C1=O. The van der Waals surface area contributed by atoms with E-state index < -0.39 is 6.23 Å². The Balaban J connectivity index is 1.19. The molecule has 1 saturated heterocycles. The van der Waals surface area contributed by atoms with E-state index in [2.05, 4.69) is 18.2 Å². The number of aliphatic hydroxyl groups is 1. The van der Waals surface area contributed by atoms with Gasteiger partial charge in [0.25, 0.3) is 11.8 Å². The van der Waals surface area contributed by atoms with Crippen LogP contribution in [-0.4, -0.2) is 98.3 Å². The lowest BCUT2D eigenvalue weighted by molar-refractivity contribution is 0.0655. The van der Waals surface area contributed by atoms with E-state index in [1.54, 1.807) is 48.3 Å². The normalized spacial score (nSPS) is 18.7. The summed E-state index contributed by atoms with van der Waals surface area (Å²) in [5, 5.41) is 11.2. The van der Waals surface area contributed by atoms with Crippen molar-refractivity contribution in [3.8, 4) is 23.0 Å². The van der Waals surface area contributed by atoms with Gasteiger partial charge in [0.1, 0.15) is 6.23 Å². The van der Waals surface area contributed by atoms with Crippen LogP contribution in [0.5, 0.6) is 23.0 Å². The molecular formula is C37H48N4O7. The Labute approximate surface area is 283 Å². The van der Waals surface area contributed by atoms with Crippen LogP contribution >= 0.6 is 0 Å². The van der Waals surface area contributed by atoms with E-state index in [9.17, 15) is 14.7 Å². The number of carbonyl (C=O) groups excluding carboxylic acids is 2. The van der Waals surface area contributed by atoms with Crippen LogP contribution in [-0.2, 0) is 0 Å². The van der Waals surface area contributed by atoms with E-state index >= 15 is 0 Å². The highest BCUT2D eigenvalue weighted by molar-refractivity contribution is 6.04. The van der Waals surface area contributed by atoms with Crippen LogP contribution in [0.4, 0.5) is 11.4 Å². The Morgan fingerprint density at radius 2 is 1.60 bits per heavy atom. The molecule has 1 N–H and O–H groups in total. The topological polar surface area (TPSA) is 113 Å². The fourth-order valence-corrected chi connectivity index (χ4v) is 6.40. The van der Waals surface area contributed by atoms with Gasteiger partial charge in [-0.15, -0.1) is 0 Å². The molecule has 2 amide bonds. The highest BCUT2D eigenvalue weighted by Crippen LogP contribution is 2.40. The summed E-state index contributed by atoms with van der Waals surface area (Å²) in [7, 11) is 3.11. The van der Waals surface area contributed by atoms with E-state index in [-0.39, 0.29) is 30.4 Å². The fraction of sp³-hybridized carbons (Fsp3) is 0.486. The van der Waals surface area contributed by atoms with Gasteiger partial charge in [0.15, 0.2) is 23.0 Å². The molecule has 0 radical (unpaired) electrons. The molecule has 0 spiro atoms. The predicted molar refractivity (Wildman–Crippen MR) is 187 cm³/mol. The second kappa shape index (κ2) is 15.1. The molecule has 2 aromatic rings. The Morgan fingerprint density at radius 3 is 2.23 bits per heavy atom. The first-order chi connectivity index (χ1) is 23.1. The molecule has 3 heterocycles. The molecule has 0 aliphatic carbocycles. The third-order valence-corrected chi connectivity index (χ3v) is 9.01. The number of β-amino-alcohol motifs (C(OH)–C–C–N with tert-alkyl or cyclic N) is 1. The number of carbonyl (C=O) groups is 2. The van der Waals surface area contributed by atoms with Crippen molar-refractivity contribution in [3.05, 3.63) is 59.7 Å². The summed E-state index contributed by atoms with van der Waals surface area (Å²) in [5.41, 5.74) is 4.08. The minimum Gasteiger partial charge on any atom is -0.493 e. The maximum Gasteiger partial charge on any atom is 0.257 e. The average Bonchev–Trinajstić information content (AvgIpc) is 3.35. The standard InChI is InChI=1S/C37H48N4O7/c1-8-24(4)20-39-22-35(42)41(23(2)3)30-18-34(32(46-7)16-28(30)36(39)43)48-13-11-9-10-12-47-33-17-29-27(15-31(33)45-6)37(44)40-21-25(5)14-26(40)19-38-29/h15-19,23,26,35,42H,4-5,8-14,20-22H2,1-3,6-7H3/t26-,35-/m0/s1. The molecule has 3 aliphatic heterocycles. The van der Waals surface area contributed by atoms with Gasteiger partial charge in [-0.05, 0) is 58.1 Å². The van der Waals surface area contributed by atoms with E-state index in [4.69, 9.17) is 18.9 Å². The first-order valence-electron chi connectivity index (χ1n) is 16.7. The molecule has 5 rings (SSSR count). The second-order valence-electron chi connectivity index (χ2n) is 12.8. The van der Waals surface area contributed by atoms with Gasteiger partial charge >= 0.3 is 0 Å². The van der Waals surface area contributed by atoms with E-state index in [0.29, 0.717) is 71.8 Å². The van der Waals surface area contributed by atoms with Gasteiger partial charge in [-0.1, -0.05) is 31.2 Å². The molecule has 0 aromatic heterocycles. The van der Waals surface area contributed by atoms with Gasteiger partial charge in [0, 0.05) is 37.5 Å². The van der Waals surface area contributed by atoms with E-state index in [1.807, 2.05) is 31.9 Å². The third-order valence-electron chi connectivity index (χ3n) is 9.01. The Bertz CT molecular complexity index is 1590. The number of hydrogen-bond acceptors (Lipinski definition) is 9. The van der Waals surface area contributed by atoms with Crippen molar-refractivity contribution in [2.75, 3.05) is 52.0 Å². The smallest absolute Gasteiger partial charge is 0.257 e. The first-order valence-corrected chi connectivity index (χ1v) is 16.7. The highest BCUT2D eigenvalue weighted by Gasteiger charge is 2.36. The van der Waals surface area contributed by atoms with Gasteiger partial charge in [0.2, 0.25) is 0 Å². The first kappa shape index (κ1) is 34.8. The Morgan fingerprint density at radius 1 is 0.958 bits per heavy atom. The number of hydrogen-bond donors (Lipinski definition) is 1. The maximum atomic E-state index is 13.6. The molecule has 0 saturated carbocycles. The van der Waals surface area contributed by atoms with Gasteiger partial charge in [-0.25, -0.2) is 0 Å². The van der Waals surface area contributed by atoms with Crippen LogP contribution in [0.1, 0.15) is 73.6 Å². The lowest BCUT2D eigenvalue weighted by Gasteiger charge is -2.34. The van der Waals surface area contributed by atoms with E-state index in [1.165, 1.54) is 0 Å². The van der Waals surface area contributed by atoms with Crippen molar-refractivity contribution in [3.63, 3.8) is 0 Å². The number of aliphatic imine (C=N–C) groups is 1. The Hall–Kier alpha value is -4.51. The van der Waals surface area contributed by atoms with Crippen LogP contribution < -0.4 is 23.8 Å². The molecule has 0 bridgehead atoms. The minimum absolute atomic E-state index is 0.0643. The van der Waals surface area contributed by atoms with Gasteiger partial charge in [-0.2, -0.15) is 0 Å². The van der Waals surface area contributed by atoms with E-state index in [0.717, 1.165) is 43.3 Å². The lowest BCUT2D eigenvalue weighted by Crippen LogP contribution is -2.46. The zero-order valence-electron chi connectivity index (χ0n) is 28.8. The number of amides is 2. The zero-order chi connectivity index (χ0) is 34.5. The predicted octanol–water partition coefficient (Wildman–Crippen LogP) is 5.77. The number of benzene rings is 2. The van der Waals surface area contributed by atoms with Gasteiger partial charge in [-0.3, -0.25) is 14.6 Å². The third kappa shape index (κ3) is 7.31. The number of methoxy groups -OCH3 is 2. The summed E-state index contributed by atoms with van der Waals surface area (Å²) < 4.78 is 23.5. The number of anilines is 1. The summed E-state index contributed by atoms with van der Waals surface area (Å²) in [6.45, 7) is 16.0. The lowest BCUT2D eigenvalue weighted by atomic mass is 10.1. The average molecular weight is 661 g/mol. The molecule has 11 nitrogen and oxygen atoms in total. The van der Waals surface area contributed by atoms with Crippen LogP contribution in [0.2, 0.25) is 0 Å². The molecule has 258 valence electrons. The number of ether oxygens (including phenoxy) is 4.